The van der Waals surface area contributed by atoms with Crippen LogP contribution in [0, 0.1) is 71.0 Å². The van der Waals surface area contributed by atoms with E-state index in [0.717, 1.165) is 0 Å². The lowest BCUT2D eigenvalue weighted by Crippen LogP contribution is -1.44. The van der Waals surface area contributed by atoms with Crippen LogP contribution >= 0.6 is 48.0 Å². The van der Waals surface area contributed by atoms with E-state index in [-0.39, 0.29) is 72.5 Å². The first-order valence-corrected chi connectivity index (χ1v) is 3.71. The molecule has 6 nitrogen and oxygen atoms in total. The molecule has 0 fully saturated rings. The van der Waals surface area contributed by atoms with Gasteiger partial charge in [0.25, 0.3) is 0 Å². The first-order valence-electron chi connectivity index (χ1n) is 2.96. The topological polar surface area (TPSA) is 189 Å². The van der Waals surface area contributed by atoms with E-state index in [1.54, 1.807) is 0 Å². The molecule has 24 heavy (non-hydrogen) atoms. The van der Waals surface area contributed by atoms with Gasteiger partial charge in [0.2, 0.25) is 0 Å². The second-order valence-electron chi connectivity index (χ2n) is 1.23. The standard InChI is InChI=1S/2C6HCl.2CH4.2ClH.6H2O/c2*1-2-3-4-5-6-7;;;;;;;;;;/h2*1H;2*1H4;2*1H;6*1H2. The van der Waals surface area contributed by atoms with Crippen molar-refractivity contribution in [2.75, 3.05) is 0 Å². The van der Waals surface area contributed by atoms with E-state index in [1.807, 2.05) is 0 Å². The van der Waals surface area contributed by atoms with Crippen molar-refractivity contribution in [2.24, 2.45) is 0 Å². The maximum atomic E-state index is 4.91. The van der Waals surface area contributed by atoms with Crippen LogP contribution in [0.25, 0.3) is 0 Å². The molecule has 0 aromatic rings. The predicted octanol–water partition coefficient (Wildman–Crippen LogP) is -1.19. The number of hydrogen-bond donors (Lipinski definition) is 0. The zero-order chi connectivity index (χ0) is 11.1. The quantitative estimate of drug-likeness (QED) is 0.418. The van der Waals surface area contributed by atoms with Gasteiger partial charge in [0.05, 0.1) is 0 Å². The Kier molecular flexibility index (Phi) is 508. The first kappa shape index (κ1) is 95.5. The SMILES string of the molecule is C.C.C#CC#CC#CCl.C#CC#CC#CCl.Cl.Cl.O.O.O.O.O.O. The number of terminal acetylenes is 2. The molecule has 10 heteroatoms. The Morgan fingerprint density at radius 3 is 0.792 bits per heavy atom. The van der Waals surface area contributed by atoms with Crippen molar-refractivity contribution < 1.29 is 32.9 Å². The van der Waals surface area contributed by atoms with E-state index in [2.05, 4.69) is 58.1 Å². The lowest BCUT2D eigenvalue weighted by atomic mass is 10.6. The van der Waals surface area contributed by atoms with Crippen molar-refractivity contribution in [3.8, 4) is 71.0 Å². The van der Waals surface area contributed by atoms with Gasteiger partial charge in [0, 0.05) is 34.4 Å². The van der Waals surface area contributed by atoms with Crippen molar-refractivity contribution in [1.82, 2.24) is 0 Å². The molecule has 0 saturated heterocycles. The van der Waals surface area contributed by atoms with E-state index in [9.17, 15) is 0 Å². The molecule has 144 valence electrons. The minimum absolute atomic E-state index is 0. The molecule has 0 radical (unpaired) electrons. The van der Waals surface area contributed by atoms with Crippen molar-refractivity contribution in [1.29, 1.82) is 0 Å². The molecule has 0 spiro atoms. The summed E-state index contributed by atoms with van der Waals surface area (Å²) in [5, 5.41) is 4.11. The van der Waals surface area contributed by atoms with Crippen LogP contribution in [0.15, 0.2) is 0 Å². The molecular formula is C14H24Cl4O6. The Bertz CT molecular complexity index is 445. The highest BCUT2D eigenvalue weighted by molar-refractivity contribution is 6.30. The Hall–Kier alpha value is -1.72. The fraction of sp³-hybridized carbons (Fsp3) is 0.143. The van der Waals surface area contributed by atoms with Gasteiger partial charge in [-0.2, -0.15) is 0 Å². The van der Waals surface area contributed by atoms with Crippen LogP contribution < -0.4 is 0 Å². The van der Waals surface area contributed by atoms with Crippen molar-refractivity contribution >= 4 is 48.0 Å². The monoisotopic (exact) mass is 428 g/mol. The van der Waals surface area contributed by atoms with Gasteiger partial charge >= 0.3 is 0 Å². The summed E-state index contributed by atoms with van der Waals surface area (Å²) in [5.74, 6) is 17.8. The molecule has 0 bridgehead atoms. The van der Waals surface area contributed by atoms with Crippen LogP contribution in [-0.2, 0) is 0 Å². The number of rotatable bonds is 0. The molecule has 0 atom stereocenters. The van der Waals surface area contributed by atoms with Gasteiger partial charge in [-0.3, -0.25) is 0 Å². The third kappa shape index (κ3) is 191. The number of halogens is 4. The fourth-order valence-corrected chi connectivity index (χ4v) is 0.276. The highest BCUT2D eigenvalue weighted by Crippen LogP contribution is 1.59. The molecule has 0 unspecified atom stereocenters. The van der Waals surface area contributed by atoms with Crippen molar-refractivity contribution in [3.63, 3.8) is 0 Å². The van der Waals surface area contributed by atoms with E-state index >= 15 is 0 Å². The predicted molar refractivity (Wildman–Crippen MR) is 110 cm³/mol. The molecule has 0 aromatic heterocycles. The van der Waals surface area contributed by atoms with Gasteiger partial charge in [0.15, 0.2) is 0 Å². The van der Waals surface area contributed by atoms with Crippen LogP contribution in [0.5, 0.6) is 0 Å². The molecule has 12 N–H and O–H groups in total. The normalized spacial score (nSPS) is 2.00. The Balaban J connectivity index is -0.00000000847. The highest BCUT2D eigenvalue weighted by Gasteiger charge is 1.47. The third-order valence-corrected chi connectivity index (χ3v) is 0.678. The molecule has 0 aromatic carbocycles. The van der Waals surface area contributed by atoms with Crippen LogP contribution in [0.2, 0.25) is 0 Å². The van der Waals surface area contributed by atoms with Crippen LogP contribution in [0.4, 0.5) is 0 Å². The smallest absolute Gasteiger partial charge is 0.0184 e. The van der Waals surface area contributed by atoms with Gasteiger partial charge in [-0.25, -0.2) is 0 Å². The molecule has 0 aliphatic heterocycles. The minimum Gasteiger partial charge on any atom is -0.412 e. The Morgan fingerprint density at radius 2 is 0.667 bits per heavy atom. The minimum atomic E-state index is 0. The van der Waals surface area contributed by atoms with Crippen molar-refractivity contribution in [2.45, 2.75) is 14.9 Å². The van der Waals surface area contributed by atoms with E-state index in [1.165, 1.54) is 0 Å². The molecule has 0 heterocycles. The van der Waals surface area contributed by atoms with Gasteiger partial charge in [0.1, 0.15) is 0 Å². The van der Waals surface area contributed by atoms with E-state index < -0.39 is 0 Å². The summed E-state index contributed by atoms with van der Waals surface area (Å²) >= 11 is 9.81. The highest BCUT2D eigenvalue weighted by atomic mass is 35.5. The molecule has 0 rings (SSSR count). The Morgan fingerprint density at radius 1 is 0.458 bits per heavy atom. The first-order chi connectivity index (χ1) is 6.83. The average molecular weight is 430 g/mol. The Labute approximate surface area is 166 Å². The van der Waals surface area contributed by atoms with Crippen molar-refractivity contribution in [3.05, 3.63) is 0 Å². The molecule has 0 saturated carbocycles. The van der Waals surface area contributed by atoms with Crippen LogP contribution in [0.3, 0.4) is 0 Å². The fourth-order valence-electron chi connectivity index (χ4n) is 0.182. The summed E-state index contributed by atoms with van der Waals surface area (Å²) in [7, 11) is 0. The maximum absolute atomic E-state index is 4.91. The summed E-state index contributed by atoms with van der Waals surface area (Å²) < 4.78 is 0. The summed E-state index contributed by atoms with van der Waals surface area (Å²) in [6.07, 6.45) is 9.47. The largest absolute Gasteiger partial charge is 0.412 e. The molecule has 0 amide bonds. The average Bonchev–Trinajstić information content (AvgIpc) is 2.21. The zero-order valence-corrected chi connectivity index (χ0v) is 13.9. The summed E-state index contributed by atoms with van der Waals surface area (Å²) in [5.41, 5.74) is 0. The molecule has 0 aliphatic carbocycles. The summed E-state index contributed by atoms with van der Waals surface area (Å²) in [6, 6.07) is 0. The van der Waals surface area contributed by atoms with E-state index in [4.69, 9.17) is 36.0 Å². The van der Waals surface area contributed by atoms with Gasteiger partial charge in [-0.05, 0) is 46.9 Å². The van der Waals surface area contributed by atoms with Gasteiger partial charge in [-0.15, -0.1) is 37.7 Å². The molecular weight excluding hydrogens is 406 g/mol. The molecule has 0 aliphatic rings. The third-order valence-electron chi connectivity index (χ3n) is 0.489. The van der Waals surface area contributed by atoms with E-state index in [0.29, 0.717) is 0 Å². The second-order valence-corrected chi connectivity index (χ2v) is 1.61. The lowest BCUT2D eigenvalue weighted by molar-refractivity contribution is 0.823. The summed E-state index contributed by atoms with van der Waals surface area (Å²) in [4.78, 5) is 0. The second kappa shape index (κ2) is 128. The summed E-state index contributed by atoms with van der Waals surface area (Å²) in [6.45, 7) is 0. The van der Waals surface area contributed by atoms with Gasteiger partial charge < -0.3 is 32.9 Å². The zero-order valence-electron chi connectivity index (χ0n) is 10.7. The van der Waals surface area contributed by atoms with Crippen LogP contribution in [-0.4, -0.2) is 32.9 Å². The lowest BCUT2D eigenvalue weighted by Gasteiger charge is -1.47. The number of hydrogen-bond acceptors (Lipinski definition) is 0. The van der Waals surface area contributed by atoms with Crippen LogP contribution in [0.1, 0.15) is 14.9 Å². The maximum Gasteiger partial charge on any atom is 0.0184 e. The van der Waals surface area contributed by atoms with Gasteiger partial charge in [-0.1, -0.05) is 14.9 Å².